The molecule has 0 saturated carbocycles. The SMILES string of the molecule is O=C1CC(O)N(Cc2ccccc2O)C1. The first-order valence-electron chi connectivity index (χ1n) is 4.87. The topological polar surface area (TPSA) is 60.8 Å². The third kappa shape index (κ3) is 2.16. The van der Waals surface area contributed by atoms with E-state index in [0.717, 1.165) is 5.56 Å². The van der Waals surface area contributed by atoms with Gasteiger partial charge in [-0.3, -0.25) is 9.69 Å². The molecule has 1 unspecified atom stereocenters. The van der Waals surface area contributed by atoms with Crippen LogP contribution >= 0.6 is 0 Å². The molecule has 2 rings (SSSR count). The summed E-state index contributed by atoms with van der Waals surface area (Å²) in [5.41, 5.74) is 0.728. The van der Waals surface area contributed by atoms with E-state index in [1.807, 2.05) is 6.07 Å². The van der Waals surface area contributed by atoms with Crippen LogP contribution in [0, 0.1) is 0 Å². The van der Waals surface area contributed by atoms with Crippen molar-refractivity contribution in [2.24, 2.45) is 0 Å². The van der Waals surface area contributed by atoms with Crippen molar-refractivity contribution in [2.75, 3.05) is 6.54 Å². The van der Waals surface area contributed by atoms with Crippen LogP contribution in [-0.2, 0) is 11.3 Å². The first-order chi connectivity index (χ1) is 7.16. The molecule has 2 N–H and O–H groups in total. The number of aliphatic hydroxyl groups is 1. The Morgan fingerprint density at radius 3 is 2.73 bits per heavy atom. The lowest BCUT2D eigenvalue weighted by Gasteiger charge is -2.19. The van der Waals surface area contributed by atoms with E-state index in [9.17, 15) is 15.0 Å². The van der Waals surface area contributed by atoms with Gasteiger partial charge >= 0.3 is 0 Å². The lowest BCUT2D eigenvalue weighted by molar-refractivity contribution is -0.117. The van der Waals surface area contributed by atoms with Gasteiger partial charge in [-0.05, 0) is 6.07 Å². The van der Waals surface area contributed by atoms with E-state index in [1.165, 1.54) is 0 Å². The molecule has 15 heavy (non-hydrogen) atoms. The fourth-order valence-corrected chi connectivity index (χ4v) is 1.75. The predicted octanol–water partition coefficient (Wildman–Crippen LogP) is 0.485. The molecule has 4 nitrogen and oxygen atoms in total. The summed E-state index contributed by atoms with van der Waals surface area (Å²) < 4.78 is 0. The number of phenols is 1. The minimum Gasteiger partial charge on any atom is -0.508 e. The monoisotopic (exact) mass is 207 g/mol. The second-order valence-corrected chi connectivity index (χ2v) is 3.76. The average molecular weight is 207 g/mol. The van der Waals surface area contributed by atoms with E-state index in [0.29, 0.717) is 6.54 Å². The number of nitrogens with zero attached hydrogens (tertiary/aromatic N) is 1. The molecule has 1 fully saturated rings. The highest BCUT2D eigenvalue weighted by Crippen LogP contribution is 2.21. The Kier molecular flexibility index (Phi) is 2.70. The molecule has 80 valence electrons. The number of carbonyl (C=O) groups is 1. The number of carbonyl (C=O) groups excluding carboxylic acids is 1. The van der Waals surface area contributed by atoms with Crippen LogP contribution in [0.15, 0.2) is 24.3 Å². The van der Waals surface area contributed by atoms with Crippen molar-refractivity contribution in [3.8, 4) is 5.75 Å². The molecule has 1 aliphatic rings. The lowest BCUT2D eigenvalue weighted by atomic mass is 10.2. The second kappa shape index (κ2) is 4.00. The molecule has 0 amide bonds. The number of likely N-dealkylation sites (tertiary alicyclic amines) is 1. The normalized spacial score (nSPS) is 22.2. The highest BCUT2D eigenvalue weighted by atomic mass is 16.3. The quantitative estimate of drug-likeness (QED) is 0.740. The minimum absolute atomic E-state index is 0.0397. The molecule has 1 heterocycles. The van der Waals surface area contributed by atoms with Crippen LogP contribution in [0.1, 0.15) is 12.0 Å². The Bertz CT molecular complexity index is 378. The van der Waals surface area contributed by atoms with Gasteiger partial charge in [-0.25, -0.2) is 0 Å². The summed E-state index contributed by atoms with van der Waals surface area (Å²) in [6.07, 6.45) is -0.523. The number of benzene rings is 1. The minimum atomic E-state index is -0.711. The number of aromatic hydroxyl groups is 1. The fraction of sp³-hybridized carbons (Fsp3) is 0.364. The van der Waals surface area contributed by atoms with Crippen LogP contribution in [0.5, 0.6) is 5.75 Å². The van der Waals surface area contributed by atoms with Crippen molar-refractivity contribution in [3.63, 3.8) is 0 Å². The van der Waals surface area contributed by atoms with E-state index in [2.05, 4.69) is 0 Å². The van der Waals surface area contributed by atoms with Crippen molar-refractivity contribution in [1.29, 1.82) is 0 Å². The van der Waals surface area contributed by atoms with Gasteiger partial charge in [0.2, 0.25) is 0 Å². The zero-order chi connectivity index (χ0) is 10.8. The molecule has 0 aliphatic carbocycles. The largest absolute Gasteiger partial charge is 0.508 e. The van der Waals surface area contributed by atoms with E-state index in [1.54, 1.807) is 23.1 Å². The summed E-state index contributed by atoms with van der Waals surface area (Å²) in [5, 5.41) is 19.1. The summed E-state index contributed by atoms with van der Waals surface area (Å²) in [7, 11) is 0. The molecule has 0 radical (unpaired) electrons. The molecule has 0 bridgehead atoms. The van der Waals surface area contributed by atoms with Gasteiger partial charge in [-0.15, -0.1) is 0 Å². The number of hydrogen-bond acceptors (Lipinski definition) is 4. The maximum Gasteiger partial charge on any atom is 0.150 e. The number of ketones is 1. The molecule has 0 spiro atoms. The van der Waals surface area contributed by atoms with Crippen LogP contribution in [0.2, 0.25) is 0 Å². The van der Waals surface area contributed by atoms with Crippen LogP contribution in [0.3, 0.4) is 0 Å². The van der Waals surface area contributed by atoms with Crippen LogP contribution in [0.4, 0.5) is 0 Å². The van der Waals surface area contributed by atoms with Crippen molar-refractivity contribution in [1.82, 2.24) is 4.90 Å². The maximum absolute atomic E-state index is 11.1. The second-order valence-electron chi connectivity index (χ2n) is 3.76. The van der Waals surface area contributed by atoms with Crippen LogP contribution in [0.25, 0.3) is 0 Å². The first kappa shape index (κ1) is 10.1. The van der Waals surface area contributed by atoms with Crippen molar-refractivity contribution in [3.05, 3.63) is 29.8 Å². The summed E-state index contributed by atoms with van der Waals surface area (Å²) in [4.78, 5) is 12.7. The Hall–Kier alpha value is -1.39. The number of rotatable bonds is 2. The molecule has 1 aliphatic heterocycles. The van der Waals surface area contributed by atoms with E-state index >= 15 is 0 Å². The third-order valence-electron chi connectivity index (χ3n) is 2.58. The summed E-state index contributed by atoms with van der Waals surface area (Å²) in [5.74, 6) is 0.238. The van der Waals surface area contributed by atoms with Gasteiger partial charge < -0.3 is 10.2 Å². The van der Waals surface area contributed by atoms with Crippen molar-refractivity contribution < 1.29 is 15.0 Å². The molecule has 1 aromatic carbocycles. The van der Waals surface area contributed by atoms with Gasteiger partial charge in [0.15, 0.2) is 5.78 Å². The summed E-state index contributed by atoms with van der Waals surface area (Å²) in [6, 6.07) is 6.94. The molecular formula is C11H13NO3. The van der Waals surface area contributed by atoms with Gasteiger partial charge in [0.25, 0.3) is 0 Å². The van der Waals surface area contributed by atoms with Crippen molar-refractivity contribution >= 4 is 5.78 Å². The van der Waals surface area contributed by atoms with E-state index in [-0.39, 0.29) is 24.5 Å². The van der Waals surface area contributed by atoms with Crippen molar-refractivity contribution in [2.45, 2.75) is 19.2 Å². The zero-order valence-electron chi connectivity index (χ0n) is 8.26. The Balaban J connectivity index is 2.09. The molecule has 1 aromatic rings. The molecular weight excluding hydrogens is 194 g/mol. The van der Waals surface area contributed by atoms with Gasteiger partial charge in [-0.2, -0.15) is 0 Å². The van der Waals surface area contributed by atoms with Gasteiger partial charge in [0, 0.05) is 18.5 Å². The van der Waals surface area contributed by atoms with E-state index < -0.39 is 6.23 Å². The molecule has 1 saturated heterocycles. The van der Waals surface area contributed by atoms with Crippen LogP contribution in [-0.4, -0.2) is 33.7 Å². The standard InChI is InChI=1S/C11H13NO3/c13-9-5-11(15)12(7-9)6-8-3-1-2-4-10(8)14/h1-4,11,14-15H,5-7H2. The number of para-hydroxylation sites is 1. The number of aliphatic hydroxyl groups excluding tert-OH is 1. The van der Waals surface area contributed by atoms with Gasteiger partial charge in [0.05, 0.1) is 6.54 Å². The predicted molar refractivity (Wildman–Crippen MR) is 54.1 cm³/mol. The smallest absolute Gasteiger partial charge is 0.150 e. The average Bonchev–Trinajstić information content (AvgIpc) is 2.49. The van der Waals surface area contributed by atoms with Gasteiger partial charge in [-0.1, -0.05) is 18.2 Å². The number of phenolic OH excluding ortho intramolecular Hbond substituents is 1. The fourth-order valence-electron chi connectivity index (χ4n) is 1.75. The zero-order valence-corrected chi connectivity index (χ0v) is 8.26. The molecule has 1 atom stereocenters. The molecule has 0 aromatic heterocycles. The summed E-state index contributed by atoms with van der Waals surface area (Å²) >= 11 is 0. The van der Waals surface area contributed by atoms with E-state index in [4.69, 9.17) is 0 Å². The number of hydrogen-bond donors (Lipinski definition) is 2. The molecule has 4 heteroatoms. The van der Waals surface area contributed by atoms with Crippen LogP contribution < -0.4 is 0 Å². The number of Topliss-reactive ketones (excluding diaryl/α,β-unsaturated/α-hetero) is 1. The highest BCUT2D eigenvalue weighted by molar-refractivity contribution is 5.82. The Morgan fingerprint density at radius 2 is 2.13 bits per heavy atom. The summed E-state index contributed by atoms with van der Waals surface area (Å²) in [6.45, 7) is 0.662. The Labute approximate surface area is 87.8 Å². The van der Waals surface area contributed by atoms with Gasteiger partial charge in [0.1, 0.15) is 12.0 Å². The maximum atomic E-state index is 11.1. The Morgan fingerprint density at radius 1 is 1.40 bits per heavy atom. The third-order valence-corrected chi connectivity index (χ3v) is 2.58. The lowest BCUT2D eigenvalue weighted by Crippen LogP contribution is -2.28. The highest BCUT2D eigenvalue weighted by Gasteiger charge is 2.28. The first-order valence-corrected chi connectivity index (χ1v) is 4.87.